The molecule has 0 saturated heterocycles. The fraction of sp³-hybridized carbons (Fsp3) is 0.857. The van der Waals surface area contributed by atoms with E-state index in [-0.39, 0.29) is 18.4 Å². The van der Waals surface area contributed by atoms with E-state index in [0.717, 1.165) is 25.7 Å². The molecule has 1 aliphatic rings. The van der Waals surface area contributed by atoms with Crippen LogP contribution in [0.3, 0.4) is 0 Å². The van der Waals surface area contributed by atoms with Gasteiger partial charge in [0.15, 0.2) is 0 Å². The summed E-state index contributed by atoms with van der Waals surface area (Å²) in [6.07, 6.45) is 2.31. The molecule has 168 valence electrons. The topological polar surface area (TPSA) is 96.4 Å². The summed E-state index contributed by atoms with van der Waals surface area (Å²) in [4.78, 5) is 39.1. The molecule has 0 heterocycles. The summed E-state index contributed by atoms with van der Waals surface area (Å²) in [6, 6.07) is -0.0260. The number of carbonyl (C=O) groups excluding carboxylic acids is 2. The number of aliphatic carboxylic acids is 1. The zero-order valence-corrected chi connectivity index (χ0v) is 19.0. The molecule has 8 heteroatoms. The van der Waals surface area contributed by atoms with Crippen molar-refractivity contribution >= 4 is 18.2 Å². The lowest BCUT2D eigenvalue weighted by atomic mass is 9.83. The van der Waals surface area contributed by atoms with E-state index in [1.807, 2.05) is 20.8 Å². The zero-order valence-electron chi connectivity index (χ0n) is 19.0. The van der Waals surface area contributed by atoms with Crippen LogP contribution in [0.1, 0.15) is 73.6 Å². The summed E-state index contributed by atoms with van der Waals surface area (Å²) in [5.41, 5.74) is -1.20. The number of rotatable bonds is 6. The molecule has 2 amide bonds. The molecule has 1 fully saturated rings. The molecule has 0 aromatic heterocycles. The van der Waals surface area contributed by atoms with Gasteiger partial charge in [0.25, 0.3) is 0 Å². The highest BCUT2D eigenvalue weighted by Crippen LogP contribution is 2.30. The van der Waals surface area contributed by atoms with Crippen LogP contribution in [0.5, 0.6) is 0 Å². The Morgan fingerprint density at radius 1 is 0.862 bits per heavy atom. The maximum absolute atomic E-state index is 12.8. The second-order valence-electron chi connectivity index (χ2n) is 9.85. The quantitative estimate of drug-likeness (QED) is 0.702. The van der Waals surface area contributed by atoms with Crippen molar-refractivity contribution in [2.75, 3.05) is 20.1 Å². The van der Waals surface area contributed by atoms with E-state index >= 15 is 0 Å². The minimum Gasteiger partial charge on any atom is -0.481 e. The SMILES string of the molecule is CN(CCN(C(=O)OC(C)(C)C)[C@H]1CC[C@H](CC(=O)O)CC1)C(=O)OC(C)(C)C. The summed E-state index contributed by atoms with van der Waals surface area (Å²) >= 11 is 0. The number of likely N-dealkylation sites (N-methyl/N-ethyl adjacent to an activating group) is 1. The molecule has 1 rings (SSSR count). The Bertz CT molecular complexity index is 571. The van der Waals surface area contributed by atoms with E-state index in [1.54, 1.807) is 32.7 Å². The van der Waals surface area contributed by atoms with Crippen LogP contribution in [0, 0.1) is 5.92 Å². The van der Waals surface area contributed by atoms with Crippen molar-refractivity contribution < 1.29 is 29.0 Å². The van der Waals surface area contributed by atoms with Crippen LogP contribution in [0.4, 0.5) is 9.59 Å². The highest BCUT2D eigenvalue weighted by Gasteiger charge is 2.32. The van der Waals surface area contributed by atoms with Crippen LogP contribution in [0.25, 0.3) is 0 Å². The third kappa shape index (κ3) is 9.85. The summed E-state index contributed by atoms with van der Waals surface area (Å²) in [5.74, 6) is -0.634. The number of carbonyl (C=O) groups is 3. The highest BCUT2D eigenvalue weighted by atomic mass is 16.6. The van der Waals surface area contributed by atoms with Crippen LogP contribution in [-0.2, 0) is 14.3 Å². The molecule has 0 bridgehead atoms. The van der Waals surface area contributed by atoms with Crippen molar-refractivity contribution in [3.8, 4) is 0 Å². The molecule has 29 heavy (non-hydrogen) atoms. The van der Waals surface area contributed by atoms with Gasteiger partial charge in [-0.2, -0.15) is 0 Å². The summed E-state index contributed by atoms with van der Waals surface area (Å²) < 4.78 is 10.9. The standard InChI is InChI=1S/C21H38N2O6/c1-20(2,3)28-18(26)22(7)12-13-23(19(27)29-21(4,5)6)16-10-8-15(9-11-16)14-17(24)25/h15-16H,8-14H2,1-7H3,(H,24,25)/t15-,16-. The molecule has 0 aromatic carbocycles. The molecule has 0 atom stereocenters. The summed E-state index contributed by atoms with van der Waals surface area (Å²) in [6.45, 7) is 11.5. The van der Waals surface area contributed by atoms with Crippen LogP contribution in [0.15, 0.2) is 0 Å². The molecule has 0 aromatic rings. The smallest absolute Gasteiger partial charge is 0.410 e. The van der Waals surface area contributed by atoms with Gasteiger partial charge in [-0.15, -0.1) is 0 Å². The van der Waals surface area contributed by atoms with Crippen molar-refractivity contribution in [1.29, 1.82) is 0 Å². The van der Waals surface area contributed by atoms with Crippen molar-refractivity contribution in [2.45, 2.75) is 90.9 Å². The molecular weight excluding hydrogens is 376 g/mol. The Labute approximate surface area is 174 Å². The first-order chi connectivity index (χ1) is 13.2. The third-order valence-electron chi connectivity index (χ3n) is 4.73. The summed E-state index contributed by atoms with van der Waals surface area (Å²) in [7, 11) is 1.64. The molecule has 0 radical (unpaired) electrons. The van der Waals surface area contributed by atoms with Gasteiger partial charge in [-0.1, -0.05) is 0 Å². The highest BCUT2D eigenvalue weighted by molar-refractivity contribution is 5.70. The largest absolute Gasteiger partial charge is 0.481 e. The average Bonchev–Trinajstić information content (AvgIpc) is 2.52. The Balaban J connectivity index is 2.76. The molecule has 1 aliphatic carbocycles. The molecule has 1 N–H and O–H groups in total. The van der Waals surface area contributed by atoms with Gasteiger partial charge >= 0.3 is 18.2 Å². The van der Waals surface area contributed by atoms with Crippen LogP contribution in [-0.4, -0.2) is 70.4 Å². The Kier molecular flexibility index (Phi) is 8.78. The molecule has 0 spiro atoms. The predicted molar refractivity (Wildman–Crippen MR) is 110 cm³/mol. The first kappa shape index (κ1) is 25.0. The van der Waals surface area contributed by atoms with Crippen LogP contribution in [0.2, 0.25) is 0 Å². The maximum Gasteiger partial charge on any atom is 0.410 e. The van der Waals surface area contributed by atoms with E-state index in [9.17, 15) is 14.4 Å². The molecule has 8 nitrogen and oxygen atoms in total. The molecule has 0 unspecified atom stereocenters. The average molecular weight is 415 g/mol. The fourth-order valence-corrected chi connectivity index (χ4v) is 3.34. The minimum atomic E-state index is -0.781. The number of carboxylic acids is 1. The first-order valence-electron chi connectivity index (χ1n) is 10.3. The van der Waals surface area contributed by atoms with E-state index in [1.165, 1.54) is 4.90 Å². The van der Waals surface area contributed by atoms with Crippen molar-refractivity contribution in [3.63, 3.8) is 0 Å². The minimum absolute atomic E-state index is 0.0260. The Morgan fingerprint density at radius 2 is 1.34 bits per heavy atom. The van der Waals surface area contributed by atoms with Gasteiger partial charge in [0.1, 0.15) is 11.2 Å². The second-order valence-corrected chi connectivity index (χ2v) is 9.85. The van der Waals surface area contributed by atoms with Gasteiger partial charge < -0.3 is 24.4 Å². The van der Waals surface area contributed by atoms with Crippen molar-refractivity contribution in [1.82, 2.24) is 9.80 Å². The number of hydrogen-bond acceptors (Lipinski definition) is 5. The van der Waals surface area contributed by atoms with Gasteiger partial charge in [-0.3, -0.25) is 4.79 Å². The number of carboxylic acid groups (broad SMARTS) is 1. The monoisotopic (exact) mass is 414 g/mol. The van der Waals surface area contributed by atoms with Gasteiger partial charge in [0, 0.05) is 32.6 Å². The number of amides is 2. The lowest BCUT2D eigenvalue weighted by molar-refractivity contribution is -0.138. The molecular formula is C21H38N2O6. The lowest BCUT2D eigenvalue weighted by Gasteiger charge is -2.38. The van der Waals surface area contributed by atoms with Gasteiger partial charge in [0.05, 0.1) is 0 Å². The van der Waals surface area contributed by atoms with E-state index < -0.39 is 29.4 Å². The third-order valence-corrected chi connectivity index (χ3v) is 4.73. The second kappa shape index (κ2) is 10.2. The van der Waals surface area contributed by atoms with Gasteiger partial charge in [0.2, 0.25) is 0 Å². The van der Waals surface area contributed by atoms with Gasteiger partial charge in [-0.05, 0) is 73.1 Å². The number of ether oxygens (including phenoxy) is 2. The lowest BCUT2D eigenvalue weighted by Crippen LogP contribution is -2.48. The number of nitrogens with zero attached hydrogens (tertiary/aromatic N) is 2. The normalized spacial score (nSPS) is 20.0. The Hall–Kier alpha value is -1.99. The van der Waals surface area contributed by atoms with E-state index in [0.29, 0.717) is 13.1 Å². The van der Waals surface area contributed by atoms with Crippen molar-refractivity contribution in [3.05, 3.63) is 0 Å². The van der Waals surface area contributed by atoms with E-state index in [2.05, 4.69) is 0 Å². The summed E-state index contributed by atoms with van der Waals surface area (Å²) in [5, 5.41) is 9.00. The number of hydrogen-bond donors (Lipinski definition) is 1. The zero-order chi connectivity index (χ0) is 22.4. The first-order valence-corrected chi connectivity index (χ1v) is 10.3. The fourth-order valence-electron chi connectivity index (χ4n) is 3.34. The van der Waals surface area contributed by atoms with Gasteiger partial charge in [-0.25, -0.2) is 9.59 Å². The van der Waals surface area contributed by atoms with Crippen molar-refractivity contribution in [2.24, 2.45) is 5.92 Å². The Morgan fingerprint density at radius 3 is 1.79 bits per heavy atom. The molecule has 0 aliphatic heterocycles. The molecule has 1 saturated carbocycles. The predicted octanol–water partition coefficient (Wildman–Crippen LogP) is 4.12. The van der Waals surface area contributed by atoms with E-state index in [4.69, 9.17) is 14.6 Å². The maximum atomic E-state index is 12.8. The van der Waals surface area contributed by atoms with Crippen LogP contribution < -0.4 is 0 Å². The van der Waals surface area contributed by atoms with Crippen LogP contribution >= 0.6 is 0 Å².